The minimum absolute atomic E-state index is 0.00147. The van der Waals surface area contributed by atoms with Crippen LogP contribution in [-0.2, 0) is 9.59 Å². The number of carboxylic acids is 1. The van der Waals surface area contributed by atoms with E-state index in [1.807, 2.05) is 43.0 Å². The highest BCUT2D eigenvalue weighted by molar-refractivity contribution is 5.91. The van der Waals surface area contributed by atoms with Crippen LogP contribution in [0.2, 0.25) is 0 Å². The number of amides is 1. The second-order valence-electron chi connectivity index (χ2n) is 7.16. The van der Waals surface area contributed by atoms with Crippen molar-refractivity contribution in [1.82, 2.24) is 4.90 Å². The Labute approximate surface area is 136 Å². The van der Waals surface area contributed by atoms with Crippen LogP contribution in [-0.4, -0.2) is 42.1 Å². The van der Waals surface area contributed by atoms with Crippen molar-refractivity contribution in [3.63, 3.8) is 0 Å². The van der Waals surface area contributed by atoms with Crippen molar-refractivity contribution in [3.8, 4) is 5.75 Å². The average molecular weight is 317 g/mol. The SMILES string of the molecule is COc1ccc(C2CCN(C(=O)[C@@H]3[C@H](C(=O)O)C3(C)C)C2)cc1. The molecule has 5 heteroatoms. The number of aliphatic carboxylic acids is 1. The molecule has 1 amide bonds. The molecule has 1 unspecified atom stereocenters. The third-order valence-corrected chi connectivity index (χ3v) is 5.45. The van der Waals surface area contributed by atoms with Gasteiger partial charge in [-0.1, -0.05) is 26.0 Å². The van der Waals surface area contributed by atoms with E-state index < -0.39 is 17.3 Å². The molecule has 0 aromatic heterocycles. The molecule has 5 nitrogen and oxygen atoms in total. The van der Waals surface area contributed by atoms with Crippen molar-refractivity contribution in [2.24, 2.45) is 17.3 Å². The molecule has 23 heavy (non-hydrogen) atoms. The van der Waals surface area contributed by atoms with Gasteiger partial charge in [-0.05, 0) is 29.5 Å². The molecular formula is C18H23NO4. The van der Waals surface area contributed by atoms with Crippen molar-refractivity contribution in [3.05, 3.63) is 29.8 Å². The molecule has 1 aliphatic heterocycles. The van der Waals surface area contributed by atoms with E-state index >= 15 is 0 Å². The van der Waals surface area contributed by atoms with Gasteiger partial charge < -0.3 is 14.7 Å². The van der Waals surface area contributed by atoms with E-state index in [9.17, 15) is 14.7 Å². The van der Waals surface area contributed by atoms with Gasteiger partial charge in [-0.15, -0.1) is 0 Å². The van der Waals surface area contributed by atoms with Crippen LogP contribution in [0.15, 0.2) is 24.3 Å². The lowest BCUT2D eigenvalue weighted by atomic mass is 9.98. The Morgan fingerprint density at radius 2 is 1.87 bits per heavy atom. The van der Waals surface area contributed by atoms with Crippen LogP contribution in [0, 0.1) is 17.3 Å². The number of likely N-dealkylation sites (tertiary alicyclic amines) is 1. The van der Waals surface area contributed by atoms with Crippen LogP contribution >= 0.6 is 0 Å². The van der Waals surface area contributed by atoms with Gasteiger partial charge in [0.2, 0.25) is 5.91 Å². The Kier molecular flexibility index (Phi) is 3.82. The van der Waals surface area contributed by atoms with E-state index in [1.54, 1.807) is 7.11 Å². The minimum Gasteiger partial charge on any atom is -0.497 e. The van der Waals surface area contributed by atoms with Crippen molar-refractivity contribution >= 4 is 11.9 Å². The van der Waals surface area contributed by atoms with Gasteiger partial charge in [-0.25, -0.2) is 0 Å². The second kappa shape index (κ2) is 5.55. The fraction of sp³-hybridized carbons (Fsp3) is 0.556. The van der Waals surface area contributed by atoms with Crippen LogP contribution in [0.4, 0.5) is 0 Å². The number of carboxylic acid groups (broad SMARTS) is 1. The van der Waals surface area contributed by atoms with E-state index in [4.69, 9.17) is 4.74 Å². The molecule has 3 atom stereocenters. The molecule has 124 valence electrons. The zero-order chi connectivity index (χ0) is 16.8. The van der Waals surface area contributed by atoms with Crippen LogP contribution in [0.5, 0.6) is 5.75 Å². The van der Waals surface area contributed by atoms with Crippen molar-refractivity contribution in [1.29, 1.82) is 0 Å². The maximum atomic E-state index is 12.7. The molecule has 1 aliphatic carbocycles. The van der Waals surface area contributed by atoms with E-state index in [-0.39, 0.29) is 11.8 Å². The van der Waals surface area contributed by atoms with Gasteiger partial charge in [0.1, 0.15) is 5.75 Å². The van der Waals surface area contributed by atoms with Crippen LogP contribution in [0.25, 0.3) is 0 Å². The third kappa shape index (κ3) is 2.69. The van der Waals surface area contributed by atoms with Crippen molar-refractivity contribution in [2.75, 3.05) is 20.2 Å². The summed E-state index contributed by atoms with van der Waals surface area (Å²) in [6, 6.07) is 7.95. The normalized spacial score (nSPS) is 28.5. The van der Waals surface area contributed by atoms with Gasteiger partial charge in [0.15, 0.2) is 0 Å². The summed E-state index contributed by atoms with van der Waals surface area (Å²) in [6.45, 7) is 5.11. The monoisotopic (exact) mass is 317 g/mol. The molecule has 3 rings (SSSR count). The number of nitrogens with zero attached hydrogens (tertiary/aromatic N) is 1. The highest BCUT2D eigenvalue weighted by atomic mass is 16.5. The zero-order valence-corrected chi connectivity index (χ0v) is 13.8. The highest BCUT2D eigenvalue weighted by Gasteiger charge is 2.66. The van der Waals surface area contributed by atoms with Crippen molar-refractivity contribution in [2.45, 2.75) is 26.2 Å². The minimum atomic E-state index is -0.862. The Hall–Kier alpha value is -2.04. The van der Waals surface area contributed by atoms with Gasteiger partial charge in [0, 0.05) is 19.0 Å². The fourth-order valence-electron chi connectivity index (χ4n) is 3.86. The van der Waals surface area contributed by atoms with E-state index in [0.717, 1.165) is 12.2 Å². The number of carbonyl (C=O) groups is 2. The Morgan fingerprint density at radius 3 is 2.39 bits per heavy atom. The summed E-state index contributed by atoms with van der Waals surface area (Å²) in [7, 11) is 1.64. The van der Waals surface area contributed by atoms with Crippen molar-refractivity contribution < 1.29 is 19.4 Å². The smallest absolute Gasteiger partial charge is 0.307 e. The quantitative estimate of drug-likeness (QED) is 0.926. The maximum absolute atomic E-state index is 12.7. The molecule has 1 aromatic carbocycles. The first-order valence-electron chi connectivity index (χ1n) is 8.01. The summed E-state index contributed by atoms with van der Waals surface area (Å²) >= 11 is 0. The van der Waals surface area contributed by atoms with Gasteiger partial charge >= 0.3 is 5.97 Å². The van der Waals surface area contributed by atoms with Crippen LogP contribution in [0.3, 0.4) is 0 Å². The molecule has 1 saturated carbocycles. The van der Waals surface area contributed by atoms with Crippen LogP contribution in [0.1, 0.15) is 31.7 Å². The lowest BCUT2D eigenvalue weighted by Gasteiger charge is -2.17. The molecule has 1 N–H and O–H groups in total. The summed E-state index contributed by atoms with van der Waals surface area (Å²) in [5.74, 6) is -0.652. The van der Waals surface area contributed by atoms with Gasteiger partial charge in [0.25, 0.3) is 0 Å². The summed E-state index contributed by atoms with van der Waals surface area (Å²) in [5, 5.41) is 9.25. The first-order chi connectivity index (χ1) is 10.9. The topological polar surface area (TPSA) is 66.8 Å². The number of rotatable bonds is 4. The summed E-state index contributed by atoms with van der Waals surface area (Å²) in [6.07, 6.45) is 0.920. The Balaban J connectivity index is 1.65. The summed E-state index contributed by atoms with van der Waals surface area (Å²) in [5.41, 5.74) is 0.770. The second-order valence-corrected chi connectivity index (χ2v) is 7.16. The van der Waals surface area contributed by atoms with Gasteiger partial charge in [0.05, 0.1) is 18.9 Å². The predicted molar refractivity (Wildman–Crippen MR) is 85.3 cm³/mol. The first-order valence-corrected chi connectivity index (χ1v) is 8.01. The van der Waals surface area contributed by atoms with Crippen LogP contribution < -0.4 is 4.74 Å². The number of ether oxygens (including phenoxy) is 1. The summed E-state index contributed by atoms with van der Waals surface area (Å²) < 4.78 is 5.17. The van der Waals surface area contributed by atoms with Gasteiger partial charge in [-0.3, -0.25) is 9.59 Å². The number of carbonyl (C=O) groups excluding carboxylic acids is 1. The Bertz CT molecular complexity index is 622. The highest BCUT2D eigenvalue weighted by Crippen LogP contribution is 2.59. The zero-order valence-electron chi connectivity index (χ0n) is 13.8. The van der Waals surface area contributed by atoms with Gasteiger partial charge in [-0.2, -0.15) is 0 Å². The third-order valence-electron chi connectivity index (χ3n) is 5.45. The molecule has 0 bridgehead atoms. The molecule has 1 saturated heterocycles. The predicted octanol–water partition coefficient (Wildman–Crippen LogP) is 2.37. The van der Waals surface area contributed by atoms with E-state index in [2.05, 4.69) is 0 Å². The largest absolute Gasteiger partial charge is 0.497 e. The molecule has 1 heterocycles. The lowest BCUT2D eigenvalue weighted by molar-refractivity contribution is -0.141. The molecule has 0 spiro atoms. The number of benzene rings is 1. The number of methoxy groups -OCH3 is 1. The number of hydrogen-bond acceptors (Lipinski definition) is 3. The summed E-state index contributed by atoms with van der Waals surface area (Å²) in [4.78, 5) is 25.8. The standard InChI is InChI=1S/C18H23NO4/c1-18(2)14(15(18)17(21)22)16(20)19-9-8-12(10-19)11-4-6-13(23-3)7-5-11/h4-7,12,14-15H,8-10H2,1-3H3,(H,21,22)/t12?,14-,15+/m0/s1. The molecule has 2 aliphatic rings. The maximum Gasteiger partial charge on any atom is 0.307 e. The molecule has 0 radical (unpaired) electrons. The fourth-order valence-corrected chi connectivity index (χ4v) is 3.86. The Morgan fingerprint density at radius 1 is 1.22 bits per heavy atom. The molecule has 2 fully saturated rings. The molecular weight excluding hydrogens is 294 g/mol. The lowest BCUT2D eigenvalue weighted by Crippen LogP contribution is -2.31. The first kappa shape index (κ1) is 15.8. The molecule has 1 aromatic rings. The van der Waals surface area contributed by atoms with E-state index in [0.29, 0.717) is 19.0 Å². The number of hydrogen-bond donors (Lipinski definition) is 1. The average Bonchev–Trinajstić information content (AvgIpc) is 2.88. The van der Waals surface area contributed by atoms with E-state index in [1.165, 1.54) is 5.56 Å².